The molecule has 0 saturated carbocycles. The SMILES string of the molecule is COc1cc(OC)cc(C(O)C(O)CC(=O)O)c1. The Morgan fingerprint density at radius 3 is 2.06 bits per heavy atom. The summed E-state index contributed by atoms with van der Waals surface area (Å²) in [5.41, 5.74) is 0.333. The first-order valence-corrected chi connectivity index (χ1v) is 5.28. The van der Waals surface area contributed by atoms with Crippen LogP contribution >= 0.6 is 0 Å². The molecule has 3 N–H and O–H groups in total. The van der Waals surface area contributed by atoms with Gasteiger partial charge in [-0.1, -0.05) is 0 Å². The first kappa shape index (κ1) is 14.3. The summed E-state index contributed by atoms with van der Waals surface area (Å²) in [5.74, 6) is -0.284. The molecule has 0 bridgehead atoms. The number of hydrogen-bond donors (Lipinski definition) is 3. The molecule has 0 aliphatic rings. The van der Waals surface area contributed by atoms with Crippen LogP contribution in [-0.2, 0) is 4.79 Å². The topological polar surface area (TPSA) is 96.2 Å². The van der Waals surface area contributed by atoms with Crippen LogP contribution in [0, 0.1) is 0 Å². The zero-order valence-electron chi connectivity index (χ0n) is 10.2. The highest BCUT2D eigenvalue weighted by atomic mass is 16.5. The molecule has 6 nitrogen and oxygen atoms in total. The van der Waals surface area contributed by atoms with Crippen LogP contribution in [0.1, 0.15) is 18.1 Å². The van der Waals surface area contributed by atoms with E-state index in [1.54, 1.807) is 6.07 Å². The van der Waals surface area contributed by atoms with Crippen LogP contribution in [0.2, 0.25) is 0 Å². The van der Waals surface area contributed by atoms with Crippen LogP contribution < -0.4 is 9.47 Å². The zero-order chi connectivity index (χ0) is 13.7. The standard InChI is InChI=1S/C12H16O6/c1-17-8-3-7(4-9(5-8)18-2)12(16)10(13)6-11(14)15/h3-5,10,12-13,16H,6H2,1-2H3,(H,14,15). The summed E-state index contributed by atoms with van der Waals surface area (Å²) < 4.78 is 10.0. The summed E-state index contributed by atoms with van der Waals surface area (Å²) >= 11 is 0. The second-order valence-corrected chi connectivity index (χ2v) is 3.76. The number of carboxylic acids is 1. The summed E-state index contributed by atoms with van der Waals surface area (Å²) in [4.78, 5) is 10.5. The quantitative estimate of drug-likeness (QED) is 0.688. The molecule has 6 heteroatoms. The number of carboxylic acid groups (broad SMARTS) is 1. The van der Waals surface area contributed by atoms with Crippen LogP contribution in [-0.4, -0.2) is 41.6 Å². The Morgan fingerprint density at radius 1 is 1.17 bits per heavy atom. The van der Waals surface area contributed by atoms with E-state index in [1.165, 1.54) is 26.4 Å². The molecule has 100 valence electrons. The molecule has 1 rings (SSSR count). The third-order valence-electron chi connectivity index (χ3n) is 2.46. The number of aliphatic hydroxyl groups excluding tert-OH is 2. The molecule has 18 heavy (non-hydrogen) atoms. The van der Waals surface area contributed by atoms with Crippen molar-refractivity contribution in [3.8, 4) is 11.5 Å². The van der Waals surface area contributed by atoms with Crippen LogP contribution in [0.4, 0.5) is 0 Å². The Bertz CT molecular complexity index is 395. The van der Waals surface area contributed by atoms with Gasteiger partial charge in [-0.3, -0.25) is 4.79 Å². The van der Waals surface area contributed by atoms with Crippen molar-refractivity contribution >= 4 is 5.97 Å². The maximum absolute atomic E-state index is 10.5. The minimum Gasteiger partial charge on any atom is -0.497 e. The lowest BCUT2D eigenvalue weighted by Crippen LogP contribution is -2.21. The average molecular weight is 256 g/mol. The summed E-state index contributed by atoms with van der Waals surface area (Å²) in [6.07, 6.45) is -3.25. The maximum atomic E-state index is 10.5. The van der Waals surface area contributed by atoms with Gasteiger partial charge in [0, 0.05) is 6.07 Å². The van der Waals surface area contributed by atoms with Crippen LogP contribution in [0.5, 0.6) is 11.5 Å². The first-order chi connectivity index (χ1) is 8.47. The van der Waals surface area contributed by atoms with Crippen molar-refractivity contribution in [3.05, 3.63) is 23.8 Å². The van der Waals surface area contributed by atoms with E-state index in [-0.39, 0.29) is 0 Å². The Hall–Kier alpha value is -1.79. The van der Waals surface area contributed by atoms with Gasteiger partial charge in [0.05, 0.1) is 26.7 Å². The second kappa shape index (κ2) is 6.23. The number of ether oxygens (including phenoxy) is 2. The van der Waals surface area contributed by atoms with Crippen molar-refractivity contribution in [1.82, 2.24) is 0 Å². The van der Waals surface area contributed by atoms with Crippen molar-refractivity contribution in [2.45, 2.75) is 18.6 Å². The summed E-state index contributed by atoms with van der Waals surface area (Å²) in [6, 6.07) is 4.64. The minimum atomic E-state index is -1.39. The number of hydrogen-bond acceptors (Lipinski definition) is 5. The normalized spacial score (nSPS) is 13.8. The minimum absolute atomic E-state index is 0.333. The van der Waals surface area contributed by atoms with Gasteiger partial charge in [0.1, 0.15) is 17.6 Å². The first-order valence-electron chi connectivity index (χ1n) is 5.28. The summed E-state index contributed by atoms with van der Waals surface area (Å²) in [5, 5.41) is 28.0. The summed E-state index contributed by atoms with van der Waals surface area (Å²) in [7, 11) is 2.91. The molecular formula is C12H16O6. The number of benzene rings is 1. The third-order valence-corrected chi connectivity index (χ3v) is 2.46. The highest BCUT2D eigenvalue weighted by Crippen LogP contribution is 2.28. The van der Waals surface area contributed by atoms with E-state index in [1.807, 2.05) is 0 Å². The van der Waals surface area contributed by atoms with Gasteiger partial charge in [0.25, 0.3) is 0 Å². The van der Waals surface area contributed by atoms with Crippen LogP contribution in [0.25, 0.3) is 0 Å². The molecule has 0 saturated heterocycles. The zero-order valence-corrected chi connectivity index (χ0v) is 10.2. The largest absolute Gasteiger partial charge is 0.497 e. The number of methoxy groups -OCH3 is 2. The molecule has 0 aliphatic carbocycles. The van der Waals surface area contributed by atoms with E-state index in [0.29, 0.717) is 17.1 Å². The van der Waals surface area contributed by atoms with Gasteiger partial charge in [0.15, 0.2) is 0 Å². The van der Waals surface area contributed by atoms with E-state index in [0.717, 1.165) is 0 Å². The summed E-state index contributed by atoms with van der Waals surface area (Å²) in [6.45, 7) is 0. The number of aliphatic carboxylic acids is 1. The number of aliphatic hydroxyl groups is 2. The Morgan fingerprint density at radius 2 is 1.67 bits per heavy atom. The van der Waals surface area contributed by atoms with Crippen molar-refractivity contribution in [2.24, 2.45) is 0 Å². The molecule has 0 aromatic heterocycles. The fraction of sp³-hybridized carbons (Fsp3) is 0.417. The number of rotatable bonds is 6. The molecule has 1 aromatic carbocycles. The molecule has 0 radical (unpaired) electrons. The van der Waals surface area contributed by atoms with E-state index >= 15 is 0 Å². The van der Waals surface area contributed by atoms with Gasteiger partial charge in [-0.25, -0.2) is 0 Å². The molecule has 0 spiro atoms. The van der Waals surface area contributed by atoms with Gasteiger partial charge in [-0.2, -0.15) is 0 Å². The molecule has 0 amide bonds. The van der Waals surface area contributed by atoms with Crippen molar-refractivity contribution in [1.29, 1.82) is 0 Å². The molecule has 0 fully saturated rings. The van der Waals surface area contributed by atoms with Crippen LogP contribution in [0.3, 0.4) is 0 Å². The predicted octanol–water partition coefficient (Wildman–Crippen LogP) is 0.573. The lowest BCUT2D eigenvalue weighted by atomic mass is 10.0. The van der Waals surface area contributed by atoms with Gasteiger partial charge in [0.2, 0.25) is 0 Å². The van der Waals surface area contributed by atoms with Crippen molar-refractivity contribution < 1.29 is 29.6 Å². The fourth-order valence-corrected chi connectivity index (χ4v) is 1.51. The van der Waals surface area contributed by atoms with Crippen LogP contribution in [0.15, 0.2) is 18.2 Å². The van der Waals surface area contributed by atoms with Crippen molar-refractivity contribution in [3.63, 3.8) is 0 Å². The molecule has 2 unspecified atom stereocenters. The molecule has 2 atom stereocenters. The highest BCUT2D eigenvalue weighted by molar-refractivity contribution is 5.67. The Kier molecular flexibility index (Phi) is 4.94. The van der Waals surface area contributed by atoms with E-state index in [9.17, 15) is 15.0 Å². The molecule has 1 aromatic rings. The average Bonchev–Trinajstić information content (AvgIpc) is 2.36. The fourth-order valence-electron chi connectivity index (χ4n) is 1.51. The Balaban J connectivity index is 2.96. The van der Waals surface area contributed by atoms with E-state index in [4.69, 9.17) is 14.6 Å². The highest BCUT2D eigenvalue weighted by Gasteiger charge is 2.22. The Labute approximate surface area is 104 Å². The van der Waals surface area contributed by atoms with Gasteiger partial charge >= 0.3 is 5.97 Å². The predicted molar refractivity (Wildman–Crippen MR) is 62.8 cm³/mol. The molecule has 0 heterocycles. The van der Waals surface area contributed by atoms with Gasteiger partial charge < -0.3 is 24.8 Å². The molecular weight excluding hydrogens is 240 g/mol. The second-order valence-electron chi connectivity index (χ2n) is 3.76. The van der Waals surface area contributed by atoms with E-state index < -0.39 is 24.6 Å². The smallest absolute Gasteiger partial charge is 0.306 e. The lowest BCUT2D eigenvalue weighted by molar-refractivity contribution is -0.141. The third kappa shape index (κ3) is 3.61. The van der Waals surface area contributed by atoms with Gasteiger partial charge in [-0.15, -0.1) is 0 Å². The van der Waals surface area contributed by atoms with Crippen molar-refractivity contribution in [2.75, 3.05) is 14.2 Å². The maximum Gasteiger partial charge on any atom is 0.306 e. The molecule has 0 aliphatic heterocycles. The lowest BCUT2D eigenvalue weighted by Gasteiger charge is -2.18. The van der Waals surface area contributed by atoms with Gasteiger partial charge in [-0.05, 0) is 17.7 Å². The monoisotopic (exact) mass is 256 g/mol. The van der Waals surface area contributed by atoms with E-state index in [2.05, 4.69) is 0 Å². The number of carbonyl (C=O) groups is 1.